The number of fused-ring (bicyclic) bond motifs is 3. The van der Waals surface area contributed by atoms with E-state index in [9.17, 15) is 0 Å². The van der Waals surface area contributed by atoms with Crippen LogP contribution in [0.4, 0.5) is 5.95 Å². The molecule has 2 aliphatic rings. The SMILES string of the molecule is COc1ccc([C@H]2C3=C(Nc4nc(SC)nn42)c2cc(C)ccc2O[C@H]3c2ccccc2)cc1OC. The molecule has 8 heteroatoms. The number of nitrogens with zero attached hydrogens (tertiary/aromatic N) is 3. The number of aryl methyl sites for hydroxylation is 1. The Morgan fingerprint density at radius 2 is 1.75 bits per heavy atom. The molecule has 2 atom stereocenters. The lowest BCUT2D eigenvalue weighted by Gasteiger charge is -2.39. The smallest absolute Gasteiger partial charge is 0.227 e. The fraction of sp³-hybridized carbons (Fsp3) is 0.214. The van der Waals surface area contributed by atoms with Crippen LogP contribution < -0.4 is 19.5 Å². The summed E-state index contributed by atoms with van der Waals surface area (Å²) in [6.45, 7) is 2.09. The summed E-state index contributed by atoms with van der Waals surface area (Å²) in [6.07, 6.45) is 1.66. The van der Waals surface area contributed by atoms with Gasteiger partial charge in [0, 0.05) is 11.1 Å². The Balaban J connectivity index is 1.64. The van der Waals surface area contributed by atoms with Crippen LogP contribution in [0, 0.1) is 6.92 Å². The Kier molecular flexibility index (Phi) is 5.60. The lowest BCUT2D eigenvalue weighted by molar-refractivity contribution is 0.222. The van der Waals surface area contributed by atoms with Crippen molar-refractivity contribution in [1.82, 2.24) is 14.8 Å². The van der Waals surface area contributed by atoms with E-state index in [0.29, 0.717) is 22.6 Å². The maximum absolute atomic E-state index is 6.72. The second-order valence-corrected chi connectivity index (χ2v) is 9.52. The van der Waals surface area contributed by atoms with Gasteiger partial charge in [-0.15, -0.1) is 5.10 Å². The molecule has 2 aliphatic heterocycles. The molecule has 1 aromatic heterocycles. The summed E-state index contributed by atoms with van der Waals surface area (Å²) < 4.78 is 19.9. The highest BCUT2D eigenvalue weighted by molar-refractivity contribution is 7.98. The standard InChI is InChI=1S/C28H26N4O3S/c1-16-10-12-20-19(14-16)24-23(26(35-20)17-8-6-5-7-9-17)25(32-27(29-24)30-28(31-32)36-4)18-11-13-21(33-2)22(15-18)34-3/h5-15,25-26H,1-4H3,(H,29,30,31)/t25-,26-/m0/s1. The number of ether oxygens (including phenoxy) is 3. The quantitative estimate of drug-likeness (QED) is 0.344. The van der Waals surface area contributed by atoms with Crippen molar-refractivity contribution in [3.63, 3.8) is 0 Å². The van der Waals surface area contributed by atoms with E-state index in [2.05, 4.69) is 42.6 Å². The molecule has 4 aromatic rings. The number of thioether (sulfide) groups is 1. The molecule has 0 saturated heterocycles. The van der Waals surface area contributed by atoms with Crippen molar-refractivity contribution in [2.45, 2.75) is 24.2 Å². The average Bonchev–Trinajstić information content (AvgIpc) is 3.34. The summed E-state index contributed by atoms with van der Waals surface area (Å²) in [5.41, 5.74) is 6.31. The third kappa shape index (κ3) is 3.60. The van der Waals surface area contributed by atoms with Crippen molar-refractivity contribution in [3.05, 3.63) is 94.6 Å². The van der Waals surface area contributed by atoms with Gasteiger partial charge >= 0.3 is 0 Å². The van der Waals surface area contributed by atoms with E-state index in [-0.39, 0.29) is 12.1 Å². The number of aromatic nitrogens is 3. The molecule has 0 bridgehead atoms. The molecule has 7 nitrogen and oxygen atoms in total. The molecule has 3 heterocycles. The van der Waals surface area contributed by atoms with Crippen LogP contribution in [-0.2, 0) is 0 Å². The second kappa shape index (κ2) is 8.95. The number of hydrogen-bond acceptors (Lipinski definition) is 7. The van der Waals surface area contributed by atoms with Crippen LogP contribution in [0.25, 0.3) is 5.70 Å². The van der Waals surface area contributed by atoms with Crippen molar-refractivity contribution >= 4 is 23.4 Å². The van der Waals surface area contributed by atoms with E-state index in [0.717, 1.165) is 39.3 Å². The highest BCUT2D eigenvalue weighted by Crippen LogP contribution is 2.51. The largest absolute Gasteiger partial charge is 0.493 e. The van der Waals surface area contributed by atoms with Crippen LogP contribution in [0.15, 0.2) is 77.5 Å². The first kappa shape index (κ1) is 22.5. The van der Waals surface area contributed by atoms with Gasteiger partial charge in [-0.3, -0.25) is 0 Å². The lowest BCUT2D eigenvalue weighted by atomic mass is 9.84. The molecule has 0 unspecified atom stereocenters. The Morgan fingerprint density at radius 1 is 0.944 bits per heavy atom. The van der Waals surface area contributed by atoms with E-state index >= 15 is 0 Å². The van der Waals surface area contributed by atoms with Crippen molar-refractivity contribution in [1.29, 1.82) is 0 Å². The maximum atomic E-state index is 6.72. The van der Waals surface area contributed by atoms with Crippen molar-refractivity contribution in [2.75, 3.05) is 25.8 Å². The predicted molar refractivity (Wildman–Crippen MR) is 141 cm³/mol. The van der Waals surface area contributed by atoms with E-state index in [1.54, 1.807) is 14.2 Å². The molecule has 0 saturated carbocycles. The van der Waals surface area contributed by atoms with Crippen LogP contribution >= 0.6 is 11.8 Å². The van der Waals surface area contributed by atoms with Gasteiger partial charge in [0.1, 0.15) is 17.9 Å². The highest BCUT2D eigenvalue weighted by Gasteiger charge is 2.41. The molecule has 1 N–H and O–H groups in total. The van der Waals surface area contributed by atoms with E-state index < -0.39 is 0 Å². The summed E-state index contributed by atoms with van der Waals surface area (Å²) in [5.74, 6) is 2.86. The summed E-state index contributed by atoms with van der Waals surface area (Å²) in [5, 5.41) is 9.17. The first-order chi connectivity index (χ1) is 17.6. The molecular weight excluding hydrogens is 472 g/mol. The summed E-state index contributed by atoms with van der Waals surface area (Å²) >= 11 is 1.51. The minimum Gasteiger partial charge on any atom is -0.493 e. The highest BCUT2D eigenvalue weighted by atomic mass is 32.2. The second-order valence-electron chi connectivity index (χ2n) is 8.75. The zero-order valence-electron chi connectivity index (χ0n) is 20.5. The van der Waals surface area contributed by atoms with Gasteiger partial charge in [0.25, 0.3) is 0 Å². The lowest BCUT2D eigenvalue weighted by Crippen LogP contribution is -2.32. The number of hydrogen-bond donors (Lipinski definition) is 1. The first-order valence-corrected chi connectivity index (χ1v) is 12.9. The van der Waals surface area contributed by atoms with Gasteiger partial charge in [-0.25, -0.2) is 4.68 Å². The third-order valence-electron chi connectivity index (χ3n) is 6.62. The number of rotatable bonds is 5. The Hall–Kier alpha value is -3.91. The molecule has 0 amide bonds. The number of nitrogens with one attached hydrogen (secondary N) is 1. The van der Waals surface area contributed by atoms with Crippen LogP contribution in [0.1, 0.15) is 34.4 Å². The third-order valence-corrected chi connectivity index (χ3v) is 7.15. The van der Waals surface area contributed by atoms with Gasteiger partial charge in [0.15, 0.2) is 11.5 Å². The molecule has 3 aromatic carbocycles. The van der Waals surface area contributed by atoms with Crippen LogP contribution in [-0.4, -0.2) is 35.2 Å². The first-order valence-electron chi connectivity index (χ1n) is 11.7. The minimum atomic E-state index is -0.322. The summed E-state index contributed by atoms with van der Waals surface area (Å²) in [4.78, 5) is 4.78. The Bertz CT molecular complexity index is 1480. The van der Waals surface area contributed by atoms with E-state index in [1.807, 2.05) is 47.3 Å². The van der Waals surface area contributed by atoms with Crippen LogP contribution in [0.2, 0.25) is 0 Å². The molecule has 0 radical (unpaired) electrons. The molecular formula is C28H26N4O3S. The van der Waals surface area contributed by atoms with Crippen molar-refractivity contribution in [3.8, 4) is 17.2 Å². The molecule has 0 aliphatic carbocycles. The van der Waals surface area contributed by atoms with E-state index in [1.165, 1.54) is 11.8 Å². The van der Waals surface area contributed by atoms with Crippen LogP contribution in [0.3, 0.4) is 0 Å². The topological polar surface area (TPSA) is 70.4 Å². The van der Waals surface area contributed by atoms with Gasteiger partial charge in [-0.1, -0.05) is 59.8 Å². The van der Waals surface area contributed by atoms with Crippen LogP contribution in [0.5, 0.6) is 17.2 Å². The van der Waals surface area contributed by atoms with E-state index in [4.69, 9.17) is 24.3 Å². The van der Waals surface area contributed by atoms with Gasteiger partial charge in [0.2, 0.25) is 11.1 Å². The minimum absolute atomic E-state index is 0.275. The Labute approximate surface area is 214 Å². The van der Waals surface area contributed by atoms with Crippen molar-refractivity contribution in [2.24, 2.45) is 0 Å². The summed E-state index contributed by atoms with van der Waals surface area (Å²) in [6, 6.07) is 22.3. The monoisotopic (exact) mass is 498 g/mol. The predicted octanol–water partition coefficient (Wildman–Crippen LogP) is 5.89. The normalized spacial score (nSPS) is 17.9. The van der Waals surface area contributed by atoms with Gasteiger partial charge in [-0.05, 0) is 48.6 Å². The fourth-order valence-electron chi connectivity index (χ4n) is 4.96. The molecule has 182 valence electrons. The van der Waals surface area contributed by atoms with Gasteiger partial charge in [-0.2, -0.15) is 4.98 Å². The number of anilines is 1. The zero-order chi connectivity index (χ0) is 24.8. The fourth-order valence-corrected chi connectivity index (χ4v) is 5.30. The van der Waals surface area contributed by atoms with Gasteiger partial charge < -0.3 is 19.5 Å². The maximum Gasteiger partial charge on any atom is 0.227 e. The van der Waals surface area contributed by atoms with Crippen molar-refractivity contribution < 1.29 is 14.2 Å². The molecule has 0 spiro atoms. The summed E-state index contributed by atoms with van der Waals surface area (Å²) in [7, 11) is 3.29. The van der Waals surface area contributed by atoms with Gasteiger partial charge in [0.05, 0.1) is 19.9 Å². The molecule has 6 rings (SSSR count). The molecule has 36 heavy (non-hydrogen) atoms. The molecule has 0 fully saturated rings. The number of benzene rings is 3. The average molecular weight is 499 g/mol. The number of methoxy groups -OCH3 is 2. The Morgan fingerprint density at radius 3 is 2.50 bits per heavy atom. The zero-order valence-corrected chi connectivity index (χ0v) is 21.3.